The third-order valence-electron chi connectivity index (χ3n) is 5.31. The standard InChI is InChI=1S/C20H20F2N2O/c1-10-17-15(24-23-10)6-11-8-20(2,3)9-16(25)18(11)19(17)13-7-12(21)4-5-14(13)22/h4-5,7,19H,6,8-9H2,1-3H3,(H,23,24). The highest BCUT2D eigenvalue weighted by Gasteiger charge is 2.42. The Kier molecular flexibility index (Phi) is 3.46. The van der Waals surface area contributed by atoms with Crippen LogP contribution in [0.5, 0.6) is 0 Å². The van der Waals surface area contributed by atoms with Gasteiger partial charge in [0.15, 0.2) is 5.78 Å². The van der Waals surface area contributed by atoms with E-state index in [1.165, 1.54) is 6.07 Å². The van der Waals surface area contributed by atoms with Gasteiger partial charge in [0.25, 0.3) is 0 Å². The molecular weight excluding hydrogens is 322 g/mol. The first-order chi connectivity index (χ1) is 11.8. The second kappa shape index (κ2) is 5.35. The van der Waals surface area contributed by atoms with Crippen LogP contribution in [0.1, 0.15) is 55.1 Å². The summed E-state index contributed by atoms with van der Waals surface area (Å²) in [5, 5.41) is 7.32. The Morgan fingerprint density at radius 2 is 2.00 bits per heavy atom. The first-order valence-corrected chi connectivity index (χ1v) is 8.50. The number of fused-ring (bicyclic) bond motifs is 1. The Balaban J connectivity index is 1.98. The minimum absolute atomic E-state index is 0.0335. The molecule has 0 saturated carbocycles. The van der Waals surface area contributed by atoms with E-state index >= 15 is 0 Å². The molecule has 0 aliphatic heterocycles. The lowest BCUT2D eigenvalue weighted by molar-refractivity contribution is -0.118. The molecule has 4 rings (SSSR count). The summed E-state index contributed by atoms with van der Waals surface area (Å²) in [5.41, 5.74) is 4.18. The van der Waals surface area contributed by atoms with Crippen LogP contribution in [-0.2, 0) is 11.2 Å². The Labute approximate surface area is 145 Å². The Hall–Kier alpha value is -2.30. The van der Waals surface area contributed by atoms with Gasteiger partial charge in [-0.3, -0.25) is 9.89 Å². The number of halogens is 2. The number of benzene rings is 1. The zero-order valence-corrected chi connectivity index (χ0v) is 14.5. The number of hydrogen-bond donors (Lipinski definition) is 1. The van der Waals surface area contributed by atoms with Gasteiger partial charge in [-0.25, -0.2) is 8.78 Å². The van der Waals surface area contributed by atoms with Gasteiger partial charge >= 0.3 is 0 Å². The number of aromatic nitrogens is 2. The Bertz CT molecular complexity index is 924. The number of H-pyrrole nitrogens is 1. The van der Waals surface area contributed by atoms with Gasteiger partial charge in [-0.15, -0.1) is 0 Å². The second-order valence-electron chi connectivity index (χ2n) is 7.94. The number of carbonyl (C=O) groups excluding carboxylic acids is 1. The lowest BCUT2D eigenvalue weighted by atomic mass is 9.65. The first-order valence-electron chi connectivity index (χ1n) is 8.50. The molecule has 0 bridgehead atoms. The van der Waals surface area contributed by atoms with E-state index in [-0.39, 0.29) is 16.8 Å². The van der Waals surface area contributed by atoms with Crippen LogP contribution >= 0.6 is 0 Å². The van der Waals surface area contributed by atoms with Crippen LogP contribution in [0.4, 0.5) is 8.78 Å². The molecule has 2 aliphatic carbocycles. The summed E-state index contributed by atoms with van der Waals surface area (Å²) in [6.45, 7) is 5.99. The number of carbonyl (C=O) groups is 1. The van der Waals surface area contributed by atoms with Gasteiger partial charge in [-0.2, -0.15) is 5.10 Å². The first kappa shape index (κ1) is 16.2. The van der Waals surface area contributed by atoms with Crippen LogP contribution in [0.2, 0.25) is 0 Å². The van der Waals surface area contributed by atoms with Crippen LogP contribution in [-0.4, -0.2) is 16.0 Å². The second-order valence-corrected chi connectivity index (χ2v) is 7.94. The van der Waals surface area contributed by atoms with E-state index in [9.17, 15) is 13.6 Å². The van der Waals surface area contributed by atoms with Crippen molar-refractivity contribution in [2.75, 3.05) is 0 Å². The number of nitrogens with one attached hydrogen (secondary N) is 1. The van der Waals surface area contributed by atoms with Crippen LogP contribution in [0.3, 0.4) is 0 Å². The maximum Gasteiger partial charge on any atom is 0.160 e. The number of rotatable bonds is 1. The maximum atomic E-state index is 14.6. The number of nitrogens with zero attached hydrogens (tertiary/aromatic N) is 1. The molecule has 0 saturated heterocycles. The maximum absolute atomic E-state index is 14.6. The van der Waals surface area contributed by atoms with E-state index < -0.39 is 17.6 Å². The van der Waals surface area contributed by atoms with Crippen molar-refractivity contribution in [2.24, 2.45) is 5.41 Å². The topological polar surface area (TPSA) is 45.8 Å². The predicted molar refractivity (Wildman–Crippen MR) is 90.3 cm³/mol. The zero-order valence-electron chi connectivity index (χ0n) is 14.5. The van der Waals surface area contributed by atoms with Gasteiger partial charge in [0.05, 0.1) is 5.69 Å². The number of hydrogen-bond acceptors (Lipinski definition) is 2. The largest absolute Gasteiger partial charge is 0.294 e. The molecule has 1 unspecified atom stereocenters. The van der Waals surface area contributed by atoms with Crippen molar-refractivity contribution in [3.8, 4) is 0 Å². The molecule has 0 radical (unpaired) electrons. The van der Waals surface area contributed by atoms with Crippen molar-refractivity contribution in [1.29, 1.82) is 0 Å². The molecule has 1 atom stereocenters. The summed E-state index contributed by atoms with van der Waals surface area (Å²) < 4.78 is 28.5. The fraction of sp³-hybridized carbons (Fsp3) is 0.400. The highest BCUT2D eigenvalue weighted by atomic mass is 19.1. The molecule has 3 nitrogen and oxygen atoms in total. The molecule has 0 spiro atoms. The van der Waals surface area contributed by atoms with E-state index in [0.29, 0.717) is 18.4 Å². The molecule has 25 heavy (non-hydrogen) atoms. The van der Waals surface area contributed by atoms with Gasteiger partial charge < -0.3 is 0 Å². The fourth-order valence-corrected chi connectivity index (χ4v) is 4.38. The molecule has 130 valence electrons. The Morgan fingerprint density at radius 1 is 1.24 bits per heavy atom. The molecule has 0 amide bonds. The normalized spacial score (nSPS) is 22.0. The summed E-state index contributed by atoms with van der Waals surface area (Å²) in [4.78, 5) is 13.0. The smallest absolute Gasteiger partial charge is 0.160 e. The number of Topliss-reactive ketones (excluding diaryl/α,β-unsaturated/α-hetero) is 1. The fourth-order valence-electron chi connectivity index (χ4n) is 4.38. The Morgan fingerprint density at radius 3 is 2.76 bits per heavy atom. The molecule has 1 heterocycles. The van der Waals surface area contributed by atoms with Crippen molar-refractivity contribution in [2.45, 2.75) is 46.0 Å². The molecule has 5 heteroatoms. The molecule has 2 aliphatic rings. The molecule has 2 aromatic rings. The lowest BCUT2D eigenvalue weighted by Crippen LogP contribution is -2.32. The van der Waals surface area contributed by atoms with Crippen molar-refractivity contribution in [3.63, 3.8) is 0 Å². The average Bonchev–Trinajstić information content (AvgIpc) is 2.87. The molecule has 1 aromatic heterocycles. The van der Waals surface area contributed by atoms with Crippen LogP contribution < -0.4 is 0 Å². The SMILES string of the molecule is Cc1[nH]nc2c1C(c1cc(F)ccc1F)C1=C(C2)CC(C)(C)CC1=O. The van der Waals surface area contributed by atoms with Crippen LogP contribution in [0.25, 0.3) is 0 Å². The molecular formula is C20H20F2N2O. The third kappa shape index (κ3) is 2.53. The van der Waals surface area contributed by atoms with E-state index in [2.05, 4.69) is 24.0 Å². The number of allylic oxidation sites excluding steroid dienone is 2. The van der Waals surface area contributed by atoms with E-state index in [1.54, 1.807) is 0 Å². The molecule has 0 fully saturated rings. The van der Waals surface area contributed by atoms with Gasteiger partial charge in [0, 0.05) is 41.2 Å². The highest BCUT2D eigenvalue weighted by Crippen LogP contribution is 2.49. The lowest BCUT2D eigenvalue weighted by Gasteiger charge is -2.38. The minimum Gasteiger partial charge on any atom is -0.294 e. The van der Waals surface area contributed by atoms with E-state index in [4.69, 9.17) is 0 Å². The zero-order chi connectivity index (χ0) is 17.9. The minimum atomic E-state index is -0.586. The van der Waals surface area contributed by atoms with Crippen molar-refractivity contribution >= 4 is 5.78 Å². The van der Waals surface area contributed by atoms with Crippen molar-refractivity contribution in [3.05, 3.63) is 63.5 Å². The average molecular weight is 342 g/mol. The van der Waals surface area contributed by atoms with Crippen LogP contribution in [0.15, 0.2) is 29.3 Å². The summed E-state index contributed by atoms with van der Waals surface area (Å²) in [5.74, 6) is -1.55. The summed E-state index contributed by atoms with van der Waals surface area (Å²) in [7, 11) is 0. The van der Waals surface area contributed by atoms with Gasteiger partial charge in [-0.05, 0) is 37.0 Å². The van der Waals surface area contributed by atoms with Crippen molar-refractivity contribution in [1.82, 2.24) is 10.2 Å². The predicted octanol–water partition coefficient (Wildman–Crippen LogP) is 4.37. The highest BCUT2D eigenvalue weighted by molar-refractivity contribution is 6.00. The number of ketones is 1. The van der Waals surface area contributed by atoms with Gasteiger partial charge in [0.2, 0.25) is 0 Å². The van der Waals surface area contributed by atoms with Crippen molar-refractivity contribution < 1.29 is 13.6 Å². The summed E-state index contributed by atoms with van der Waals surface area (Å²) in [6.07, 6.45) is 1.79. The number of aryl methyl sites for hydroxylation is 1. The van der Waals surface area contributed by atoms with Crippen LogP contribution in [0, 0.1) is 24.0 Å². The summed E-state index contributed by atoms with van der Waals surface area (Å²) >= 11 is 0. The summed E-state index contributed by atoms with van der Waals surface area (Å²) in [6, 6.07) is 3.44. The van der Waals surface area contributed by atoms with E-state index in [0.717, 1.165) is 41.1 Å². The monoisotopic (exact) mass is 342 g/mol. The van der Waals surface area contributed by atoms with E-state index in [1.807, 2.05) is 6.92 Å². The molecule has 1 N–H and O–H groups in total. The van der Waals surface area contributed by atoms with Gasteiger partial charge in [0.1, 0.15) is 11.6 Å². The number of aromatic amines is 1. The quantitative estimate of drug-likeness (QED) is 0.836. The molecule has 1 aromatic carbocycles. The van der Waals surface area contributed by atoms with Gasteiger partial charge in [-0.1, -0.05) is 19.4 Å². The third-order valence-corrected chi connectivity index (χ3v) is 5.31.